The second-order valence-corrected chi connectivity index (χ2v) is 6.81. The smallest absolute Gasteiger partial charge is 0.276 e. The van der Waals surface area contributed by atoms with Crippen LogP contribution in [-0.2, 0) is 0 Å². The number of ether oxygens (including phenoxy) is 1. The Hall–Kier alpha value is -3.87. The van der Waals surface area contributed by atoms with Crippen molar-refractivity contribution in [3.63, 3.8) is 0 Å². The molecule has 0 saturated carbocycles. The van der Waals surface area contributed by atoms with E-state index < -0.39 is 0 Å². The second kappa shape index (κ2) is 9.76. The van der Waals surface area contributed by atoms with Gasteiger partial charge in [-0.25, -0.2) is 4.68 Å². The molecular weight excluding hydrogens is 389 g/mol. The molecule has 1 N–H and O–H groups in total. The van der Waals surface area contributed by atoms with Crippen LogP contribution < -0.4 is 15.5 Å². The van der Waals surface area contributed by atoms with Crippen molar-refractivity contribution in [1.29, 1.82) is 0 Å². The van der Waals surface area contributed by atoms with E-state index in [0.717, 1.165) is 34.5 Å². The summed E-state index contributed by atoms with van der Waals surface area (Å²) in [5, 5.41) is 7.33. The van der Waals surface area contributed by atoms with Crippen LogP contribution in [0.2, 0.25) is 6.82 Å². The van der Waals surface area contributed by atoms with Gasteiger partial charge in [-0.3, -0.25) is 9.59 Å². The number of allylic oxidation sites excluding steroid dienone is 2. The van der Waals surface area contributed by atoms with Crippen molar-refractivity contribution in [3.8, 4) is 5.75 Å². The molecule has 1 aromatic heterocycles. The summed E-state index contributed by atoms with van der Waals surface area (Å²) in [5.74, 6) is 0.443. The minimum Gasteiger partial charge on any atom is -0.497 e. The highest BCUT2D eigenvalue weighted by atomic mass is 16.5. The van der Waals surface area contributed by atoms with E-state index >= 15 is 0 Å². The summed E-state index contributed by atoms with van der Waals surface area (Å²) in [4.78, 5) is 23.5. The second-order valence-electron chi connectivity index (χ2n) is 6.81. The molecule has 2 aromatic carbocycles. The number of aldehydes is 1. The lowest BCUT2D eigenvalue weighted by atomic mass is 9.72. The maximum Gasteiger partial charge on any atom is 0.276 e. The van der Waals surface area contributed by atoms with Gasteiger partial charge in [0.1, 0.15) is 12.0 Å². The number of aryl methyl sites for hydroxylation is 1. The van der Waals surface area contributed by atoms with Gasteiger partial charge in [0.05, 0.1) is 12.8 Å². The van der Waals surface area contributed by atoms with E-state index in [1.54, 1.807) is 48.2 Å². The van der Waals surface area contributed by atoms with Crippen LogP contribution in [0, 0.1) is 6.92 Å². The molecule has 1 amide bonds. The number of nitrogens with one attached hydrogen (secondary N) is 1. The third kappa shape index (κ3) is 4.83. The summed E-state index contributed by atoms with van der Waals surface area (Å²) in [5.41, 5.74) is 4.86. The van der Waals surface area contributed by atoms with Crippen molar-refractivity contribution in [2.75, 3.05) is 12.4 Å². The van der Waals surface area contributed by atoms with Crippen LogP contribution in [0.3, 0.4) is 0 Å². The number of rotatable bonds is 8. The number of nitrogens with zero attached hydrogens (tertiary/aromatic N) is 2. The van der Waals surface area contributed by atoms with Gasteiger partial charge < -0.3 is 10.1 Å². The highest BCUT2D eigenvalue weighted by Crippen LogP contribution is 2.22. The lowest BCUT2D eigenvalue weighted by Gasteiger charge is -2.13. The number of carbonyl (C=O) groups excluding carboxylic acids is 2. The fraction of sp³-hybridized carbons (Fsp3) is 0.125. The Morgan fingerprint density at radius 3 is 2.55 bits per heavy atom. The number of benzene rings is 2. The summed E-state index contributed by atoms with van der Waals surface area (Å²) < 4.78 is 7.12. The third-order valence-corrected chi connectivity index (χ3v) is 4.77. The van der Waals surface area contributed by atoms with E-state index in [9.17, 15) is 9.59 Å². The minimum absolute atomic E-state index is 0.280. The number of hydrogen-bond donors (Lipinski definition) is 1. The van der Waals surface area contributed by atoms with Crippen LogP contribution in [-0.4, -0.2) is 36.4 Å². The third-order valence-electron chi connectivity index (χ3n) is 4.77. The maximum atomic E-state index is 12.7. The van der Waals surface area contributed by atoms with Crippen molar-refractivity contribution in [2.45, 2.75) is 13.7 Å². The van der Waals surface area contributed by atoms with E-state index in [0.29, 0.717) is 11.3 Å². The number of anilines is 1. The van der Waals surface area contributed by atoms with Gasteiger partial charge in [0, 0.05) is 16.9 Å². The van der Waals surface area contributed by atoms with E-state index in [1.165, 1.54) is 0 Å². The van der Waals surface area contributed by atoms with Gasteiger partial charge in [-0.15, -0.1) is 0 Å². The summed E-state index contributed by atoms with van der Waals surface area (Å²) in [6.07, 6.45) is 4.29. The molecule has 3 aromatic rings. The van der Waals surface area contributed by atoms with E-state index in [1.807, 2.05) is 45.3 Å². The fourth-order valence-electron chi connectivity index (χ4n) is 3.19. The molecule has 31 heavy (non-hydrogen) atoms. The molecule has 0 fully saturated rings. The van der Waals surface area contributed by atoms with Crippen LogP contribution in [0.1, 0.15) is 32.1 Å². The predicted octanol–water partition coefficient (Wildman–Crippen LogP) is 3.72. The molecule has 0 bridgehead atoms. The standard InChI is InChI=1S/C24H23BN3O3/c1-5-6-22(18-9-12-23(31-4)20(14-18)25-3)28-16(2)13-21(27-28)24(30)26-19-10-7-17(15-29)8-11-19/h5-15H,1H2,2-4H3,(H,26,30)/b22-6-. The van der Waals surface area contributed by atoms with E-state index in [4.69, 9.17) is 4.74 Å². The molecule has 6 nitrogen and oxygen atoms in total. The first-order valence-electron chi connectivity index (χ1n) is 9.74. The number of hydrogen-bond acceptors (Lipinski definition) is 4. The summed E-state index contributed by atoms with van der Waals surface area (Å²) >= 11 is 0. The molecule has 0 atom stereocenters. The fourth-order valence-corrected chi connectivity index (χ4v) is 3.19. The minimum atomic E-state index is -0.337. The Labute approximate surface area is 182 Å². The van der Waals surface area contributed by atoms with Crippen LogP contribution >= 0.6 is 0 Å². The Kier molecular flexibility index (Phi) is 6.87. The van der Waals surface area contributed by atoms with Gasteiger partial charge in [-0.1, -0.05) is 25.5 Å². The Morgan fingerprint density at radius 1 is 1.19 bits per heavy atom. The average molecular weight is 412 g/mol. The Bertz CT molecular complexity index is 1150. The molecule has 3 rings (SSSR count). The van der Waals surface area contributed by atoms with E-state index in [2.05, 4.69) is 17.0 Å². The van der Waals surface area contributed by atoms with Crippen LogP contribution in [0.25, 0.3) is 5.70 Å². The van der Waals surface area contributed by atoms with Crippen molar-refractivity contribution < 1.29 is 14.3 Å². The van der Waals surface area contributed by atoms with Gasteiger partial charge >= 0.3 is 0 Å². The quantitative estimate of drug-likeness (QED) is 0.348. The van der Waals surface area contributed by atoms with Crippen molar-refractivity contribution in [2.24, 2.45) is 0 Å². The van der Waals surface area contributed by atoms with Crippen molar-refractivity contribution in [3.05, 3.63) is 89.8 Å². The zero-order valence-corrected chi connectivity index (χ0v) is 17.8. The van der Waals surface area contributed by atoms with E-state index in [-0.39, 0.29) is 11.6 Å². The first-order valence-corrected chi connectivity index (χ1v) is 9.74. The predicted molar refractivity (Wildman–Crippen MR) is 125 cm³/mol. The monoisotopic (exact) mass is 412 g/mol. The molecule has 0 aliphatic rings. The molecular formula is C24H23BN3O3. The molecule has 1 heterocycles. The van der Waals surface area contributed by atoms with Gasteiger partial charge in [0.2, 0.25) is 0 Å². The van der Waals surface area contributed by atoms with Crippen LogP contribution in [0.4, 0.5) is 5.69 Å². The first kappa shape index (κ1) is 21.8. The highest BCUT2D eigenvalue weighted by Gasteiger charge is 2.16. The Balaban J connectivity index is 1.92. The molecule has 1 radical (unpaired) electrons. The van der Waals surface area contributed by atoms with Crippen molar-refractivity contribution in [1.82, 2.24) is 9.78 Å². The van der Waals surface area contributed by atoms with Crippen LogP contribution in [0.15, 0.2) is 67.3 Å². The molecule has 0 spiro atoms. The zero-order chi connectivity index (χ0) is 22.4. The van der Waals surface area contributed by atoms with Gasteiger partial charge in [0.15, 0.2) is 13.0 Å². The molecule has 0 aliphatic carbocycles. The molecule has 0 aliphatic heterocycles. The van der Waals surface area contributed by atoms with Crippen molar-refractivity contribution >= 4 is 36.3 Å². The molecule has 155 valence electrons. The summed E-state index contributed by atoms with van der Waals surface area (Å²) in [6, 6.07) is 14.2. The maximum absolute atomic E-state index is 12.7. The van der Waals surface area contributed by atoms with Gasteiger partial charge in [-0.2, -0.15) is 5.10 Å². The number of aromatic nitrogens is 2. The first-order chi connectivity index (χ1) is 15.0. The van der Waals surface area contributed by atoms with Gasteiger partial charge in [-0.05, 0) is 66.5 Å². The molecule has 7 heteroatoms. The van der Waals surface area contributed by atoms with Gasteiger partial charge in [0.25, 0.3) is 5.91 Å². The lowest BCUT2D eigenvalue weighted by molar-refractivity contribution is 0.102. The normalized spacial score (nSPS) is 11.0. The van der Waals surface area contributed by atoms with Crippen LogP contribution in [0.5, 0.6) is 5.75 Å². The SMILES string of the molecule is C=C/C=C(/c1ccc(OC)c([B]C)c1)n1nc(C(=O)Nc2ccc(C=O)cc2)cc1C. The topological polar surface area (TPSA) is 73.2 Å². The lowest BCUT2D eigenvalue weighted by Crippen LogP contribution is -2.16. The highest BCUT2D eigenvalue weighted by molar-refractivity contribution is 6.53. The molecule has 0 unspecified atom stereocenters. The summed E-state index contributed by atoms with van der Waals surface area (Å²) in [7, 11) is 3.61. The number of amides is 1. The largest absolute Gasteiger partial charge is 0.497 e. The number of methoxy groups -OCH3 is 1. The summed E-state index contributed by atoms with van der Waals surface area (Å²) in [6.45, 7) is 7.65. The zero-order valence-electron chi connectivity index (χ0n) is 17.8. The molecule has 0 saturated heterocycles. The number of carbonyl (C=O) groups is 2. The average Bonchev–Trinajstić information content (AvgIpc) is 3.18. The Morgan fingerprint density at radius 2 is 1.94 bits per heavy atom.